The molecular formula is C19H24O4. The van der Waals surface area contributed by atoms with E-state index in [9.17, 15) is 4.79 Å². The van der Waals surface area contributed by atoms with Gasteiger partial charge >= 0.3 is 5.97 Å². The van der Waals surface area contributed by atoms with Gasteiger partial charge in [-0.1, -0.05) is 25.5 Å². The number of fused-ring (bicyclic) bond motifs is 1. The zero-order valence-corrected chi connectivity index (χ0v) is 14.4. The third-order valence-corrected chi connectivity index (χ3v) is 4.89. The second-order valence-electron chi connectivity index (χ2n) is 7.21. The van der Waals surface area contributed by atoms with Gasteiger partial charge in [0.15, 0.2) is 6.10 Å². The van der Waals surface area contributed by atoms with Crippen LogP contribution >= 0.6 is 0 Å². The standard InChI is InChI=1S/C19H24O4/c1-11(2)8-14-17(19(14,3)4)18(20)23-16-10-22-15-7-6-12(21-5)9-13(15)16/h6-9,14,16-17H,10H2,1-5H3. The van der Waals surface area contributed by atoms with Crippen LogP contribution in [0.3, 0.4) is 0 Å². The van der Waals surface area contributed by atoms with Crippen LogP contribution in [0, 0.1) is 17.3 Å². The molecule has 0 spiro atoms. The third kappa shape index (κ3) is 2.82. The van der Waals surface area contributed by atoms with Crippen LogP contribution in [0.25, 0.3) is 0 Å². The van der Waals surface area contributed by atoms with Gasteiger partial charge in [0.2, 0.25) is 0 Å². The molecule has 3 rings (SSSR count). The van der Waals surface area contributed by atoms with Gasteiger partial charge < -0.3 is 14.2 Å². The topological polar surface area (TPSA) is 44.8 Å². The summed E-state index contributed by atoms with van der Waals surface area (Å²) in [5.41, 5.74) is 2.08. The summed E-state index contributed by atoms with van der Waals surface area (Å²) in [6.07, 6.45) is 1.82. The molecule has 1 aromatic carbocycles. The average Bonchev–Trinajstić information content (AvgIpc) is 2.84. The Labute approximate surface area is 137 Å². The Kier molecular flexibility index (Phi) is 3.86. The summed E-state index contributed by atoms with van der Waals surface area (Å²) < 4.78 is 16.6. The molecule has 0 saturated heterocycles. The Hall–Kier alpha value is -1.97. The predicted octanol–water partition coefficient (Wildman–Crippen LogP) is 3.91. The summed E-state index contributed by atoms with van der Waals surface area (Å²) in [5.74, 6) is 1.55. The zero-order valence-electron chi connectivity index (χ0n) is 14.4. The molecule has 4 nitrogen and oxygen atoms in total. The lowest BCUT2D eigenvalue weighted by Crippen LogP contribution is -2.16. The highest BCUT2D eigenvalue weighted by Crippen LogP contribution is 2.60. The number of benzene rings is 1. The molecule has 0 N–H and O–H groups in total. The van der Waals surface area contributed by atoms with Crippen LogP contribution in [0.5, 0.6) is 11.5 Å². The molecule has 0 bridgehead atoms. The second-order valence-corrected chi connectivity index (χ2v) is 7.21. The molecule has 1 aliphatic heterocycles. The maximum absolute atomic E-state index is 12.6. The molecule has 1 fully saturated rings. The van der Waals surface area contributed by atoms with Gasteiger partial charge in [0.05, 0.1) is 13.0 Å². The van der Waals surface area contributed by atoms with E-state index < -0.39 is 0 Å². The van der Waals surface area contributed by atoms with Crippen LogP contribution in [0.4, 0.5) is 0 Å². The van der Waals surface area contributed by atoms with E-state index in [0.29, 0.717) is 6.61 Å². The molecule has 1 saturated carbocycles. The molecule has 4 heteroatoms. The maximum atomic E-state index is 12.6. The molecule has 1 aliphatic carbocycles. The van der Waals surface area contributed by atoms with Gasteiger partial charge in [0.1, 0.15) is 18.1 Å². The van der Waals surface area contributed by atoms with Gasteiger partial charge in [-0.3, -0.25) is 4.79 Å². The van der Waals surface area contributed by atoms with Gasteiger partial charge in [-0.2, -0.15) is 0 Å². The van der Waals surface area contributed by atoms with E-state index in [4.69, 9.17) is 14.2 Å². The lowest BCUT2D eigenvalue weighted by molar-refractivity contribution is -0.152. The Morgan fingerprint density at radius 3 is 2.74 bits per heavy atom. The molecule has 0 radical (unpaired) electrons. The Morgan fingerprint density at radius 2 is 2.09 bits per heavy atom. The SMILES string of the molecule is COc1ccc2c(c1)C(OC(=O)C1C(C=C(C)C)C1(C)C)CO2. The van der Waals surface area contributed by atoms with Crippen molar-refractivity contribution in [2.75, 3.05) is 13.7 Å². The summed E-state index contributed by atoms with van der Waals surface area (Å²) in [4.78, 5) is 12.6. The fourth-order valence-corrected chi connectivity index (χ4v) is 3.40. The predicted molar refractivity (Wildman–Crippen MR) is 87.5 cm³/mol. The number of rotatable bonds is 4. The quantitative estimate of drug-likeness (QED) is 0.624. The summed E-state index contributed by atoms with van der Waals surface area (Å²) in [6.45, 7) is 8.72. The minimum Gasteiger partial charge on any atom is -0.497 e. The largest absolute Gasteiger partial charge is 0.497 e. The molecule has 23 heavy (non-hydrogen) atoms. The van der Waals surface area contributed by atoms with Crippen LogP contribution in [0.15, 0.2) is 29.8 Å². The van der Waals surface area contributed by atoms with Crippen LogP contribution < -0.4 is 9.47 Å². The van der Waals surface area contributed by atoms with Crippen molar-refractivity contribution in [2.24, 2.45) is 17.3 Å². The number of hydrogen-bond donors (Lipinski definition) is 0. The average molecular weight is 316 g/mol. The van der Waals surface area contributed by atoms with Crippen LogP contribution in [-0.2, 0) is 9.53 Å². The van der Waals surface area contributed by atoms with E-state index in [-0.39, 0.29) is 29.3 Å². The van der Waals surface area contributed by atoms with Crippen molar-refractivity contribution in [3.8, 4) is 11.5 Å². The van der Waals surface area contributed by atoms with Gasteiger partial charge in [-0.25, -0.2) is 0 Å². The van der Waals surface area contributed by atoms with E-state index in [1.54, 1.807) is 7.11 Å². The van der Waals surface area contributed by atoms with E-state index in [2.05, 4.69) is 33.8 Å². The van der Waals surface area contributed by atoms with E-state index in [1.807, 2.05) is 18.2 Å². The Bertz CT molecular complexity index is 655. The van der Waals surface area contributed by atoms with Crippen molar-refractivity contribution in [1.29, 1.82) is 0 Å². The highest BCUT2D eigenvalue weighted by atomic mass is 16.6. The third-order valence-electron chi connectivity index (χ3n) is 4.89. The van der Waals surface area contributed by atoms with Gasteiger partial charge in [0, 0.05) is 5.56 Å². The minimum absolute atomic E-state index is 0.0367. The van der Waals surface area contributed by atoms with Gasteiger partial charge in [-0.05, 0) is 43.4 Å². The van der Waals surface area contributed by atoms with Crippen molar-refractivity contribution in [3.05, 3.63) is 35.4 Å². The Balaban J connectivity index is 1.73. The highest BCUT2D eigenvalue weighted by molar-refractivity contribution is 5.78. The number of hydrogen-bond acceptors (Lipinski definition) is 4. The van der Waals surface area contributed by atoms with Crippen molar-refractivity contribution in [1.82, 2.24) is 0 Å². The van der Waals surface area contributed by atoms with Crippen LogP contribution in [0.1, 0.15) is 39.4 Å². The molecule has 1 heterocycles. The molecule has 3 atom stereocenters. The van der Waals surface area contributed by atoms with Gasteiger partial charge in [-0.15, -0.1) is 0 Å². The number of carbonyl (C=O) groups excluding carboxylic acids is 1. The fraction of sp³-hybridized carbons (Fsp3) is 0.526. The van der Waals surface area contributed by atoms with Crippen LogP contribution in [0.2, 0.25) is 0 Å². The lowest BCUT2D eigenvalue weighted by Gasteiger charge is -2.12. The number of carbonyl (C=O) groups is 1. The lowest BCUT2D eigenvalue weighted by atomic mass is 10.1. The fourth-order valence-electron chi connectivity index (χ4n) is 3.40. The Morgan fingerprint density at radius 1 is 1.35 bits per heavy atom. The van der Waals surface area contributed by atoms with Crippen molar-refractivity contribution in [2.45, 2.75) is 33.8 Å². The normalized spacial score (nSPS) is 26.7. The number of ether oxygens (including phenoxy) is 3. The number of esters is 1. The first-order valence-corrected chi connectivity index (χ1v) is 8.01. The first-order chi connectivity index (χ1) is 10.8. The van der Waals surface area contributed by atoms with Crippen molar-refractivity contribution < 1.29 is 19.0 Å². The minimum atomic E-state index is -0.351. The molecule has 1 aromatic rings. The van der Waals surface area contributed by atoms with E-state index in [1.165, 1.54) is 5.57 Å². The van der Waals surface area contributed by atoms with Crippen LogP contribution in [-0.4, -0.2) is 19.7 Å². The molecule has 3 unspecified atom stereocenters. The summed E-state index contributed by atoms with van der Waals surface area (Å²) in [5, 5.41) is 0. The summed E-state index contributed by atoms with van der Waals surface area (Å²) in [6, 6.07) is 5.58. The summed E-state index contributed by atoms with van der Waals surface area (Å²) in [7, 11) is 1.62. The molecule has 0 amide bonds. The van der Waals surface area contributed by atoms with Crippen molar-refractivity contribution >= 4 is 5.97 Å². The smallest absolute Gasteiger partial charge is 0.310 e. The van der Waals surface area contributed by atoms with E-state index in [0.717, 1.165) is 17.1 Å². The molecule has 124 valence electrons. The zero-order chi connectivity index (χ0) is 16.8. The number of allylic oxidation sites excluding steroid dienone is 2. The first-order valence-electron chi connectivity index (χ1n) is 8.01. The highest BCUT2D eigenvalue weighted by Gasteiger charge is 2.61. The van der Waals surface area contributed by atoms with E-state index >= 15 is 0 Å². The molecule has 2 aliphatic rings. The number of methoxy groups -OCH3 is 1. The molecular weight excluding hydrogens is 292 g/mol. The second kappa shape index (κ2) is 5.59. The van der Waals surface area contributed by atoms with Gasteiger partial charge in [0.25, 0.3) is 0 Å². The van der Waals surface area contributed by atoms with Crippen molar-refractivity contribution in [3.63, 3.8) is 0 Å². The first kappa shape index (κ1) is 15.9. The molecule has 0 aromatic heterocycles. The summed E-state index contributed by atoms with van der Waals surface area (Å²) >= 11 is 0. The maximum Gasteiger partial charge on any atom is 0.310 e. The monoisotopic (exact) mass is 316 g/mol.